The Hall–Kier alpha value is -2.12. The fourth-order valence-electron chi connectivity index (χ4n) is 4.80. The lowest BCUT2D eigenvalue weighted by Crippen LogP contribution is -2.52. The smallest absolute Gasteiger partial charge is 0.253 e. The van der Waals surface area contributed by atoms with Gasteiger partial charge in [0.2, 0.25) is 5.91 Å². The zero-order valence-electron chi connectivity index (χ0n) is 18.0. The Morgan fingerprint density at radius 3 is 2.06 bits per heavy atom. The number of nitrogens with zero attached hydrogens (tertiary/aromatic N) is 3. The molecule has 2 aliphatic heterocycles. The number of hydrogen-bond acceptors (Lipinski definition) is 4. The highest BCUT2D eigenvalue weighted by Crippen LogP contribution is 2.28. The Bertz CT molecular complexity index is 959. The standard InChI is InChI=1S/C24H27Cl2N3O3/c1-16(30)29(20-8-6-19(26)7-9-20)21-10-12-27(13-11-21)22-14-28(15-23(22)31)24(32)17-2-4-18(25)5-3-17/h2-9,21-23,31H,10-15H2,1H3. The van der Waals surface area contributed by atoms with E-state index < -0.39 is 6.10 Å². The molecule has 2 atom stereocenters. The largest absolute Gasteiger partial charge is 0.390 e. The first-order valence-corrected chi connectivity index (χ1v) is 11.6. The van der Waals surface area contributed by atoms with Crippen LogP contribution >= 0.6 is 23.2 Å². The van der Waals surface area contributed by atoms with E-state index in [1.54, 1.807) is 48.2 Å². The Morgan fingerprint density at radius 2 is 1.50 bits per heavy atom. The van der Waals surface area contributed by atoms with Crippen LogP contribution in [0.3, 0.4) is 0 Å². The van der Waals surface area contributed by atoms with E-state index in [-0.39, 0.29) is 23.9 Å². The molecule has 32 heavy (non-hydrogen) atoms. The number of carbonyl (C=O) groups is 2. The molecule has 2 aromatic carbocycles. The van der Waals surface area contributed by atoms with Gasteiger partial charge in [-0.1, -0.05) is 23.2 Å². The van der Waals surface area contributed by atoms with Crippen molar-refractivity contribution in [1.82, 2.24) is 9.80 Å². The number of aliphatic hydroxyl groups excluding tert-OH is 1. The molecular weight excluding hydrogens is 449 g/mol. The second-order valence-electron chi connectivity index (χ2n) is 8.48. The summed E-state index contributed by atoms with van der Waals surface area (Å²) in [6, 6.07) is 14.1. The van der Waals surface area contributed by atoms with E-state index in [1.165, 1.54) is 0 Å². The summed E-state index contributed by atoms with van der Waals surface area (Å²) in [6.07, 6.45) is 1.01. The van der Waals surface area contributed by atoms with Crippen LogP contribution in [0.25, 0.3) is 0 Å². The minimum atomic E-state index is -0.594. The normalized spacial score (nSPS) is 22.2. The summed E-state index contributed by atoms with van der Waals surface area (Å²) in [5.74, 6) is -0.0880. The third-order valence-electron chi connectivity index (χ3n) is 6.41. The molecule has 2 amide bonds. The van der Waals surface area contributed by atoms with Gasteiger partial charge in [-0.3, -0.25) is 14.5 Å². The second-order valence-corrected chi connectivity index (χ2v) is 9.36. The van der Waals surface area contributed by atoms with Gasteiger partial charge in [-0.05, 0) is 61.4 Å². The highest BCUT2D eigenvalue weighted by atomic mass is 35.5. The fraction of sp³-hybridized carbons (Fsp3) is 0.417. The number of rotatable bonds is 4. The maximum Gasteiger partial charge on any atom is 0.253 e. The van der Waals surface area contributed by atoms with E-state index in [0.29, 0.717) is 28.7 Å². The van der Waals surface area contributed by atoms with Crippen molar-refractivity contribution in [2.75, 3.05) is 31.1 Å². The molecule has 0 bridgehead atoms. The van der Waals surface area contributed by atoms with Crippen LogP contribution < -0.4 is 4.90 Å². The van der Waals surface area contributed by atoms with E-state index in [1.807, 2.05) is 17.0 Å². The maximum atomic E-state index is 12.8. The predicted molar refractivity (Wildman–Crippen MR) is 126 cm³/mol. The van der Waals surface area contributed by atoms with E-state index in [0.717, 1.165) is 31.6 Å². The molecule has 8 heteroatoms. The lowest BCUT2D eigenvalue weighted by molar-refractivity contribution is -0.117. The summed E-state index contributed by atoms with van der Waals surface area (Å²) in [6.45, 7) is 3.90. The number of β-amino-alcohol motifs (C(OH)–C–C–N with tert-alkyl or cyclic N) is 1. The van der Waals surface area contributed by atoms with Gasteiger partial charge < -0.3 is 14.9 Å². The van der Waals surface area contributed by atoms with Gasteiger partial charge >= 0.3 is 0 Å². The van der Waals surface area contributed by atoms with Crippen molar-refractivity contribution in [3.63, 3.8) is 0 Å². The first-order chi connectivity index (χ1) is 15.3. The molecule has 0 radical (unpaired) electrons. The number of halogens is 2. The number of benzene rings is 2. The molecule has 2 aliphatic rings. The van der Waals surface area contributed by atoms with Crippen molar-refractivity contribution in [3.05, 3.63) is 64.1 Å². The van der Waals surface area contributed by atoms with Gasteiger partial charge in [-0.25, -0.2) is 0 Å². The fourth-order valence-corrected chi connectivity index (χ4v) is 5.05. The number of likely N-dealkylation sites (tertiary alicyclic amines) is 2. The second kappa shape index (κ2) is 9.79. The summed E-state index contributed by atoms with van der Waals surface area (Å²) in [7, 11) is 0. The van der Waals surface area contributed by atoms with Gasteiger partial charge in [-0.15, -0.1) is 0 Å². The Kier molecular flexibility index (Phi) is 7.05. The minimum absolute atomic E-state index is 0.00594. The van der Waals surface area contributed by atoms with Crippen molar-refractivity contribution in [3.8, 4) is 0 Å². The summed E-state index contributed by atoms with van der Waals surface area (Å²) >= 11 is 11.9. The van der Waals surface area contributed by atoms with Crippen LogP contribution in [0.2, 0.25) is 10.0 Å². The van der Waals surface area contributed by atoms with Crippen molar-refractivity contribution in [2.45, 2.75) is 38.0 Å². The quantitative estimate of drug-likeness (QED) is 0.731. The lowest BCUT2D eigenvalue weighted by Gasteiger charge is -2.41. The van der Waals surface area contributed by atoms with E-state index in [4.69, 9.17) is 23.2 Å². The van der Waals surface area contributed by atoms with Crippen molar-refractivity contribution in [2.24, 2.45) is 0 Å². The molecule has 0 aliphatic carbocycles. The molecule has 2 aromatic rings. The van der Waals surface area contributed by atoms with Gasteiger partial charge in [-0.2, -0.15) is 0 Å². The summed E-state index contributed by atoms with van der Waals surface area (Å²) < 4.78 is 0. The number of piperidine rings is 1. The molecule has 170 valence electrons. The van der Waals surface area contributed by atoms with Crippen molar-refractivity contribution < 1.29 is 14.7 Å². The molecule has 0 aromatic heterocycles. The highest BCUT2D eigenvalue weighted by molar-refractivity contribution is 6.31. The van der Waals surface area contributed by atoms with Crippen LogP contribution in [-0.4, -0.2) is 71.1 Å². The minimum Gasteiger partial charge on any atom is -0.390 e. The zero-order chi connectivity index (χ0) is 22.8. The molecule has 4 rings (SSSR count). The molecule has 2 unspecified atom stereocenters. The average molecular weight is 476 g/mol. The number of anilines is 1. The van der Waals surface area contributed by atoms with Gasteiger partial charge in [0.05, 0.1) is 12.1 Å². The van der Waals surface area contributed by atoms with Gasteiger partial charge in [0, 0.05) is 60.4 Å². The molecule has 2 fully saturated rings. The van der Waals surface area contributed by atoms with Gasteiger partial charge in [0.15, 0.2) is 0 Å². The van der Waals surface area contributed by atoms with Crippen LogP contribution in [0.15, 0.2) is 48.5 Å². The molecule has 0 spiro atoms. The number of hydrogen-bond donors (Lipinski definition) is 1. The van der Waals surface area contributed by atoms with Crippen LogP contribution in [-0.2, 0) is 4.79 Å². The van der Waals surface area contributed by atoms with E-state index in [2.05, 4.69) is 4.90 Å². The molecule has 0 saturated carbocycles. The topological polar surface area (TPSA) is 64.1 Å². The van der Waals surface area contributed by atoms with Crippen LogP contribution in [0, 0.1) is 0 Å². The van der Waals surface area contributed by atoms with Crippen molar-refractivity contribution in [1.29, 1.82) is 0 Å². The maximum absolute atomic E-state index is 12.8. The van der Waals surface area contributed by atoms with Gasteiger partial charge in [0.25, 0.3) is 5.91 Å². The first-order valence-electron chi connectivity index (χ1n) is 10.9. The van der Waals surface area contributed by atoms with Crippen LogP contribution in [0.4, 0.5) is 5.69 Å². The monoisotopic (exact) mass is 475 g/mol. The van der Waals surface area contributed by atoms with E-state index in [9.17, 15) is 14.7 Å². The Morgan fingerprint density at radius 1 is 0.938 bits per heavy atom. The Labute approximate surface area is 198 Å². The number of amides is 2. The van der Waals surface area contributed by atoms with Crippen molar-refractivity contribution >= 4 is 40.7 Å². The molecule has 2 saturated heterocycles. The van der Waals surface area contributed by atoms with Crippen LogP contribution in [0.5, 0.6) is 0 Å². The average Bonchev–Trinajstić information content (AvgIpc) is 3.17. The molecule has 2 heterocycles. The lowest BCUT2D eigenvalue weighted by atomic mass is 9.99. The summed E-state index contributed by atoms with van der Waals surface area (Å²) in [5.41, 5.74) is 1.42. The molecule has 6 nitrogen and oxygen atoms in total. The number of carbonyl (C=O) groups excluding carboxylic acids is 2. The van der Waals surface area contributed by atoms with E-state index >= 15 is 0 Å². The highest BCUT2D eigenvalue weighted by Gasteiger charge is 2.40. The molecule has 1 N–H and O–H groups in total. The molecular formula is C24H27Cl2N3O3. The number of aliphatic hydroxyl groups is 1. The van der Waals surface area contributed by atoms with Gasteiger partial charge in [0.1, 0.15) is 0 Å². The zero-order valence-corrected chi connectivity index (χ0v) is 19.5. The SMILES string of the molecule is CC(=O)N(c1ccc(Cl)cc1)C1CCN(C2CN(C(=O)c3ccc(Cl)cc3)CC2O)CC1. The first kappa shape index (κ1) is 23.1. The third kappa shape index (κ3) is 4.94. The summed E-state index contributed by atoms with van der Waals surface area (Å²) in [4.78, 5) is 31.0. The third-order valence-corrected chi connectivity index (χ3v) is 6.92. The predicted octanol–water partition coefficient (Wildman–Crippen LogP) is 3.70. The van der Waals surface area contributed by atoms with Crippen LogP contribution in [0.1, 0.15) is 30.1 Å². The Balaban J connectivity index is 1.38. The summed E-state index contributed by atoms with van der Waals surface area (Å²) in [5, 5.41) is 11.9.